The van der Waals surface area contributed by atoms with Crippen LogP contribution in [0.15, 0.2) is 24.3 Å². The van der Waals surface area contributed by atoms with Gasteiger partial charge in [-0.3, -0.25) is 4.79 Å². The zero-order valence-electron chi connectivity index (χ0n) is 9.69. The Morgan fingerprint density at radius 1 is 1.53 bits per heavy atom. The molecule has 4 heteroatoms. The molecular weight excluding hydrogens is 221 g/mol. The number of carbonyl (C=O) groups is 1. The molecule has 2 rings (SSSR count). The molecule has 1 fully saturated rings. The van der Waals surface area contributed by atoms with Gasteiger partial charge in [-0.15, -0.1) is 0 Å². The third kappa shape index (κ3) is 2.82. The van der Waals surface area contributed by atoms with Gasteiger partial charge in [0.15, 0.2) is 0 Å². The Morgan fingerprint density at radius 3 is 2.82 bits per heavy atom. The second-order valence-electron chi connectivity index (χ2n) is 4.65. The van der Waals surface area contributed by atoms with E-state index in [-0.39, 0.29) is 11.9 Å². The molecule has 0 aliphatic heterocycles. The van der Waals surface area contributed by atoms with Crippen molar-refractivity contribution in [1.29, 1.82) is 0 Å². The summed E-state index contributed by atoms with van der Waals surface area (Å²) in [6.45, 7) is 1.64. The van der Waals surface area contributed by atoms with Crippen molar-refractivity contribution in [3.05, 3.63) is 35.6 Å². The van der Waals surface area contributed by atoms with Crippen LogP contribution in [0.4, 0.5) is 4.39 Å². The van der Waals surface area contributed by atoms with E-state index in [0.717, 1.165) is 18.4 Å². The molecule has 1 unspecified atom stereocenters. The molecule has 17 heavy (non-hydrogen) atoms. The van der Waals surface area contributed by atoms with Gasteiger partial charge in [0, 0.05) is 6.04 Å². The topological polar surface area (TPSA) is 49.3 Å². The lowest BCUT2D eigenvalue weighted by Crippen LogP contribution is -2.47. The van der Waals surface area contributed by atoms with Crippen molar-refractivity contribution in [2.24, 2.45) is 0 Å². The summed E-state index contributed by atoms with van der Waals surface area (Å²) in [4.78, 5) is 10.7. The van der Waals surface area contributed by atoms with Crippen LogP contribution in [-0.4, -0.2) is 23.2 Å². The molecule has 1 atom stereocenters. The minimum absolute atomic E-state index is 0.210. The zero-order valence-corrected chi connectivity index (χ0v) is 9.69. The normalized spacial score (nSPS) is 25.1. The Labute approximate surface area is 99.7 Å². The van der Waals surface area contributed by atoms with Crippen LogP contribution in [0.25, 0.3) is 0 Å². The molecule has 0 radical (unpaired) electrons. The third-order valence-corrected chi connectivity index (χ3v) is 3.31. The van der Waals surface area contributed by atoms with Gasteiger partial charge in [0.25, 0.3) is 0 Å². The number of hydrogen-bond acceptors (Lipinski definition) is 2. The van der Waals surface area contributed by atoms with Crippen molar-refractivity contribution in [1.82, 2.24) is 5.32 Å². The summed E-state index contributed by atoms with van der Waals surface area (Å²) in [5.41, 5.74) is 1.01. The maximum absolute atomic E-state index is 13.0. The summed E-state index contributed by atoms with van der Waals surface area (Å²) in [6, 6.07) is 6.34. The number of rotatable bonds is 4. The molecular formula is C13H16FNO2. The number of carboxylic acid groups (broad SMARTS) is 1. The molecule has 3 nitrogen and oxygen atoms in total. The number of hydrogen-bond donors (Lipinski definition) is 2. The van der Waals surface area contributed by atoms with Crippen molar-refractivity contribution in [2.75, 3.05) is 0 Å². The Balaban J connectivity index is 1.85. The van der Waals surface area contributed by atoms with E-state index in [9.17, 15) is 9.18 Å². The Hall–Kier alpha value is -1.42. The van der Waals surface area contributed by atoms with Crippen LogP contribution in [0, 0.1) is 5.82 Å². The molecule has 1 aromatic rings. The summed E-state index contributed by atoms with van der Waals surface area (Å²) in [5, 5.41) is 11.8. The van der Waals surface area contributed by atoms with E-state index in [0.29, 0.717) is 5.92 Å². The fraction of sp³-hybridized carbons (Fsp3) is 0.462. The Kier molecular flexibility index (Phi) is 3.43. The monoisotopic (exact) mass is 237 g/mol. The molecule has 1 saturated carbocycles. The van der Waals surface area contributed by atoms with Gasteiger partial charge in [-0.1, -0.05) is 12.1 Å². The van der Waals surface area contributed by atoms with E-state index in [1.807, 2.05) is 6.07 Å². The maximum Gasteiger partial charge on any atom is 0.320 e. The van der Waals surface area contributed by atoms with E-state index in [1.54, 1.807) is 19.1 Å². The number of nitrogens with one attached hydrogen (secondary N) is 1. The van der Waals surface area contributed by atoms with Crippen LogP contribution < -0.4 is 5.32 Å². The van der Waals surface area contributed by atoms with Gasteiger partial charge in [-0.25, -0.2) is 4.39 Å². The number of halogens is 1. The number of aliphatic carboxylic acids is 1. The molecule has 0 bridgehead atoms. The average Bonchev–Trinajstić information content (AvgIpc) is 2.22. The van der Waals surface area contributed by atoms with Crippen molar-refractivity contribution >= 4 is 5.97 Å². The fourth-order valence-electron chi connectivity index (χ4n) is 2.21. The highest BCUT2D eigenvalue weighted by molar-refractivity contribution is 5.72. The van der Waals surface area contributed by atoms with Crippen LogP contribution in [0.1, 0.15) is 31.2 Å². The predicted molar refractivity (Wildman–Crippen MR) is 62.4 cm³/mol. The fourth-order valence-corrected chi connectivity index (χ4v) is 2.21. The molecule has 0 heterocycles. The molecule has 0 saturated heterocycles. The first-order valence-electron chi connectivity index (χ1n) is 5.80. The van der Waals surface area contributed by atoms with Gasteiger partial charge in [0.05, 0.1) is 0 Å². The summed E-state index contributed by atoms with van der Waals surface area (Å²) >= 11 is 0. The summed E-state index contributed by atoms with van der Waals surface area (Å²) in [6.07, 6.45) is 1.75. The quantitative estimate of drug-likeness (QED) is 0.843. The minimum atomic E-state index is -0.834. The predicted octanol–water partition coefficient (Wildman–Crippen LogP) is 2.13. The van der Waals surface area contributed by atoms with Gasteiger partial charge >= 0.3 is 5.97 Å². The molecule has 0 amide bonds. The first-order chi connectivity index (χ1) is 8.06. The molecule has 0 spiro atoms. The van der Waals surface area contributed by atoms with E-state index in [1.165, 1.54) is 6.07 Å². The van der Waals surface area contributed by atoms with E-state index >= 15 is 0 Å². The van der Waals surface area contributed by atoms with Gasteiger partial charge in [0.2, 0.25) is 0 Å². The Morgan fingerprint density at radius 2 is 2.24 bits per heavy atom. The largest absolute Gasteiger partial charge is 0.480 e. The second kappa shape index (κ2) is 4.84. The highest BCUT2D eigenvalue weighted by Gasteiger charge is 2.32. The van der Waals surface area contributed by atoms with Crippen molar-refractivity contribution in [2.45, 2.75) is 37.8 Å². The number of carboxylic acids is 1. The van der Waals surface area contributed by atoms with E-state index in [4.69, 9.17) is 5.11 Å². The minimum Gasteiger partial charge on any atom is -0.480 e. The Bertz CT molecular complexity index is 416. The molecule has 1 aliphatic carbocycles. The van der Waals surface area contributed by atoms with Gasteiger partial charge in [-0.05, 0) is 43.4 Å². The SMILES string of the molecule is CC(NC1CC(c2cccc(F)c2)C1)C(=O)O. The van der Waals surface area contributed by atoms with Crippen LogP contribution in [0.5, 0.6) is 0 Å². The molecule has 92 valence electrons. The van der Waals surface area contributed by atoms with E-state index in [2.05, 4.69) is 5.32 Å². The highest BCUT2D eigenvalue weighted by atomic mass is 19.1. The number of benzene rings is 1. The van der Waals surface area contributed by atoms with Crippen LogP contribution in [0.2, 0.25) is 0 Å². The third-order valence-electron chi connectivity index (χ3n) is 3.31. The zero-order chi connectivity index (χ0) is 12.4. The standard InChI is InChI=1S/C13H16FNO2/c1-8(13(16)17)15-12-6-10(7-12)9-3-2-4-11(14)5-9/h2-5,8,10,12,15H,6-7H2,1H3,(H,16,17). The van der Waals surface area contributed by atoms with Crippen LogP contribution >= 0.6 is 0 Å². The van der Waals surface area contributed by atoms with Crippen LogP contribution in [0.3, 0.4) is 0 Å². The summed E-state index contributed by atoms with van der Waals surface area (Å²) in [7, 11) is 0. The molecule has 0 aromatic heterocycles. The molecule has 2 N–H and O–H groups in total. The van der Waals surface area contributed by atoms with Crippen molar-refractivity contribution < 1.29 is 14.3 Å². The summed E-state index contributed by atoms with van der Waals surface area (Å²) in [5.74, 6) is -0.693. The second-order valence-corrected chi connectivity index (χ2v) is 4.65. The van der Waals surface area contributed by atoms with Crippen molar-refractivity contribution in [3.63, 3.8) is 0 Å². The lowest BCUT2D eigenvalue weighted by Gasteiger charge is -2.37. The molecule has 1 aliphatic rings. The van der Waals surface area contributed by atoms with Gasteiger partial charge in [0.1, 0.15) is 11.9 Å². The van der Waals surface area contributed by atoms with Crippen LogP contribution in [-0.2, 0) is 4.79 Å². The highest BCUT2D eigenvalue weighted by Crippen LogP contribution is 2.37. The first-order valence-corrected chi connectivity index (χ1v) is 5.80. The lowest BCUT2D eigenvalue weighted by molar-refractivity contribution is -0.139. The smallest absolute Gasteiger partial charge is 0.320 e. The average molecular weight is 237 g/mol. The lowest BCUT2D eigenvalue weighted by atomic mass is 9.75. The first kappa shape index (κ1) is 12.0. The molecule has 1 aromatic carbocycles. The van der Waals surface area contributed by atoms with Crippen molar-refractivity contribution in [3.8, 4) is 0 Å². The van der Waals surface area contributed by atoms with E-state index < -0.39 is 12.0 Å². The summed E-state index contributed by atoms with van der Waals surface area (Å²) < 4.78 is 13.0. The van der Waals surface area contributed by atoms with Gasteiger partial charge in [-0.2, -0.15) is 0 Å². The van der Waals surface area contributed by atoms with Gasteiger partial charge < -0.3 is 10.4 Å². The maximum atomic E-state index is 13.0.